The second-order valence-corrected chi connectivity index (χ2v) is 4.81. The highest BCUT2D eigenvalue weighted by molar-refractivity contribution is 5.92. The van der Waals surface area contributed by atoms with E-state index in [2.05, 4.69) is 10.3 Å². The Hall–Kier alpha value is -0.980. The third-order valence-electron chi connectivity index (χ3n) is 3.14. The number of carbonyl (C=O) groups is 1. The van der Waals surface area contributed by atoms with E-state index in [0.29, 0.717) is 12.2 Å². The van der Waals surface area contributed by atoms with Gasteiger partial charge in [-0.25, -0.2) is 10.0 Å². The molecule has 0 aliphatic heterocycles. The van der Waals surface area contributed by atoms with Gasteiger partial charge in [0.2, 0.25) is 0 Å². The standard InChI is InChI=1S/C15H24N2O3.BrH/c1-20-16-15(19)14-9-8-11-17(13-14)10-6-4-2-3-5-7-12-18;/h8-9,11,13,18H,2-7,10,12H2,1H3;1H. The summed E-state index contributed by atoms with van der Waals surface area (Å²) >= 11 is 0. The molecule has 0 saturated heterocycles. The molecule has 0 aromatic carbocycles. The number of aliphatic hydroxyl groups excluding tert-OH is 1. The fourth-order valence-electron chi connectivity index (χ4n) is 2.06. The van der Waals surface area contributed by atoms with E-state index in [1.165, 1.54) is 26.4 Å². The number of hydrogen-bond acceptors (Lipinski definition) is 3. The lowest BCUT2D eigenvalue weighted by atomic mass is 10.1. The molecule has 0 atom stereocenters. The van der Waals surface area contributed by atoms with Crippen molar-refractivity contribution in [2.45, 2.75) is 45.1 Å². The molecule has 2 N–H and O–H groups in total. The van der Waals surface area contributed by atoms with Crippen LogP contribution in [0.15, 0.2) is 24.5 Å². The van der Waals surface area contributed by atoms with Gasteiger partial charge in [-0.15, -0.1) is 0 Å². The number of nitrogens with zero attached hydrogens (tertiary/aromatic N) is 1. The Morgan fingerprint density at radius 1 is 1.24 bits per heavy atom. The minimum absolute atomic E-state index is 0. The number of hydrogen-bond donors (Lipinski definition) is 2. The number of aryl methyl sites for hydroxylation is 1. The average molecular weight is 361 g/mol. The molecule has 0 saturated carbocycles. The Morgan fingerprint density at radius 3 is 2.57 bits per heavy atom. The van der Waals surface area contributed by atoms with E-state index < -0.39 is 0 Å². The molecule has 120 valence electrons. The first-order valence-corrected chi connectivity index (χ1v) is 7.21. The van der Waals surface area contributed by atoms with Crippen LogP contribution in [0.25, 0.3) is 0 Å². The second-order valence-electron chi connectivity index (χ2n) is 4.81. The van der Waals surface area contributed by atoms with Crippen molar-refractivity contribution in [1.29, 1.82) is 0 Å². The molecule has 21 heavy (non-hydrogen) atoms. The molecule has 0 spiro atoms. The Labute approximate surface area is 137 Å². The van der Waals surface area contributed by atoms with E-state index >= 15 is 0 Å². The quantitative estimate of drug-likeness (QED) is 0.306. The molecule has 1 amide bonds. The zero-order valence-electron chi connectivity index (χ0n) is 12.6. The summed E-state index contributed by atoms with van der Waals surface area (Å²) < 4.78 is 2.03. The molecular weight excluding hydrogens is 336 g/mol. The molecule has 5 nitrogen and oxygen atoms in total. The van der Waals surface area contributed by atoms with E-state index in [4.69, 9.17) is 5.11 Å². The topological polar surface area (TPSA) is 62.4 Å². The predicted octanol–water partition coefficient (Wildman–Crippen LogP) is -1.40. The zero-order chi connectivity index (χ0) is 14.6. The summed E-state index contributed by atoms with van der Waals surface area (Å²) in [6.07, 6.45) is 10.5. The maximum absolute atomic E-state index is 11.6. The number of hydroxylamine groups is 1. The van der Waals surface area contributed by atoms with Crippen LogP contribution in [-0.2, 0) is 11.4 Å². The third-order valence-corrected chi connectivity index (χ3v) is 3.14. The SMILES string of the molecule is CONC(=O)c1ccc[n+](CCCCCCCCO)c1.[Br-]. The van der Waals surface area contributed by atoms with Crippen molar-refractivity contribution in [3.8, 4) is 0 Å². The Balaban J connectivity index is 0.00000400. The highest BCUT2D eigenvalue weighted by Gasteiger charge is 2.09. The number of aromatic nitrogens is 1. The zero-order valence-corrected chi connectivity index (χ0v) is 14.1. The summed E-state index contributed by atoms with van der Waals surface area (Å²) in [7, 11) is 1.42. The average Bonchev–Trinajstić information content (AvgIpc) is 2.47. The molecule has 0 aliphatic carbocycles. The lowest BCUT2D eigenvalue weighted by Crippen LogP contribution is -3.00. The van der Waals surface area contributed by atoms with Crippen molar-refractivity contribution in [3.63, 3.8) is 0 Å². The van der Waals surface area contributed by atoms with E-state index in [-0.39, 0.29) is 22.9 Å². The van der Waals surface area contributed by atoms with Gasteiger partial charge < -0.3 is 22.1 Å². The predicted molar refractivity (Wildman–Crippen MR) is 75.9 cm³/mol. The maximum Gasteiger partial charge on any atom is 0.280 e. The molecule has 1 aromatic rings. The number of nitrogens with one attached hydrogen (secondary N) is 1. The molecule has 0 aliphatic rings. The molecule has 1 aromatic heterocycles. The number of halogens is 1. The molecular formula is C15H25BrN2O3. The lowest BCUT2D eigenvalue weighted by molar-refractivity contribution is -0.697. The van der Waals surface area contributed by atoms with Crippen LogP contribution in [0.2, 0.25) is 0 Å². The monoisotopic (exact) mass is 360 g/mol. The van der Waals surface area contributed by atoms with E-state index in [0.717, 1.165) is 25.8 Å². The molecule has 6 heteroatoms. The van der Waals surface area contributed by atoms with E-state index in [1.54, 1.807) is 6.07 Å². The van der Waals surface area contributed by atoms with Gasteiger partial charge in [0.1, 0.15) is 12.1 Å². The van der Waals surface area contributed by atoms with E-state index in [9.17, 15) is 4.79 Å². The van der Waals surface area contributed by atoms with Gasteiger partial charge in [-0.2, -0.15) is 0 Å². The Kier molecular flexibility index (Phi) is 12.1. The highest BCUT2D eigenvalue weighted by Crippen LogP contribution is 2.05. The number of amides is 1. The summed E-state index contributed by atoms with van der Waals surface area (Å²) in [6, 6.07) is 3.63. The first kappa shape index (κ1) is 20.0. The van der Waals surface area contributed by atoms with Crippen LogP contribution in [0.5, 0.6) is 0 Å². The number of carbonyl (C=O) groups excluding carboxylic acids is 1. The van der Waals surface area contributed by atoms with Gasteiger partial charge in [0.25, 0.3) is 5.91 Å². The summed E-state index contributed by atoms with van der Waals surface area (Å²) in [4.78, 5) is 16.2. The Bertz CT molecular complexity index is 402. The van der Waals surface area contributed by atoms with Gasteiger partial charge in [0.15, 0.2) is 12.4 Å². The highest BCUT2D eigenvalue weighted by atomic mass is 79.9. The molecule has 1 heterocycles. The molecule has 0 fully saturated rings. The van der Waals surface area contributed by atoms with Crippen LogP contribution in [0.3, 0.4) is 0 Å². The fraction of sp³-hybridized carbons (Fsp3) is 0.600. The van der Waals surface area contributed by atoms with Crippen molar-refractivity contribution in [3.05, 3.63) is 30.1 Å². The van der Waals surface area contributed by atoms with Crippen molar-refractivity contribution in [2.24, 2.45) is 0 Å². The van der Waals surface area contributed by atoms with Crippen molar-refractivity contribution in [1.82, 2.24) is 5.48 Å². The summed E-state index contributed by atoms with van der Waals surface area (Å²) in [5, 5.41) is 8.68. The van der Waals surface area contributed by atoms with Gasteiger partial charge in [-0.05, 0) is 18.9 Å². The fourth-order valence-corrected chi connectivity index (χ4v) is 2.06. The number of unbranched alkanes of at least 4 members (excludes halogenated alkanes) is 5. The van der Waals surface area contributed by atoms with Crippen molar-refractivity contribution in [2.75, 3.05) is 13.7 Å². The molecule has 0 radical (unpaired) electrons. The third kappa shape index (κ3) is 8.80. The van der Waals surface area contributed by atoms with Crippen molar-refractivity contribution < 1.29 is 36.3 Å². The van der Waals surface area contributed by atoms with Gasteiger partial charge in [0, 0.05) is 19.1 Å². The second kappa shape index (κ2) is 12.7. The lowest BCUT2D eigenvalue weighted by Gasteiger charge is -2.02. The van der Waals surface area contributed by atoms with Crippen LogP contribution < -0.4 is 27.0 Å². The summed E-state index contributed by atoms with van der Waals surface area (Å²) in [5.74, 6) is -0.231. The summed E-state index contributed by atoms with van der Waals surface area (Å²) in [6.45, 7) is 1.21. The Morgan fingerprint density at radius 2 is 1.90 bits per heavy atom. The van der Waals surface area contributed by atoms with Gasteiger partial charge in [-0.3, -0.25) is 9.63 Å². The summed E-state index contributed by atoms with van der Waals surface area (Å²) in [5.41, 5.74) is 2.91. The van der Waals surface area contributed by atoms with Crippen LogP contribution in [-0.4, -0.2) is 24.7 Å². The largest absolute Gasteiger partial charge is 1.00 e. The van der Waals surface area contributed by atoms with Gasteiger partial charge in [0.05, 0.1) is 7.11 Å². The smallest absolute Gasteiger partial charge is 0.280 e. The van der Waals surface area contributed by atoms with Gasteiger partial charge >= 0.3 is 0 Å². The maximum atomic E-state index is 11.6. The number of pyridine rings is 1. The van der Waals surface area contributed by atoms with E-state index in [1.807, 2.05) is 23.0 Å². The first-order chi connectivity index (χ1) is 9.77. The number of rotatable bonds is 10. The van der Waals surface area contributed by atoms with Gasteiger partial charge in [-0.1, -0.05) is 19.3 Å². The van der Waals surface area contributed by atoms with Crippen LogP contribution in [0.1, 0.15) is 48.9 Å². The van der Waals surface area contributed by atoms with Crippen LogP contribution in [0, 0.1) is 0 Å². The first-order valence-electron chi connectivity index (χ1n) is 7.21. The minimum atomic E-state index is -0.231. The molecule has 0 unspecified atom stereocenters. The molecule has 0 bridgehead atoms. The normalized spacial score (nSPS) is 10.0. The van der Waals surface area contributed by atoms with Crippen molar-refractivity contribution >= 4 is 5.91 Å². The molecule has 1 rings (SSSR count). The number of aliphatic hydroxyl groups is 1. The van der Waals surface area contributed by atoms with Crippen LogP contribution in [0.4, 0.5) is 0 Å². The minimum Gasteiger partial charge on any atom is -1.00 e. The van der Waals surface area contributed by atoms with Crippen LogP contribution >= 0.6 is 0 Å².